The summed E-state index contributed by atoms with van der Waals surface area (Å²) in [7, 11) is 0. The van der Waals surface area contributed by atoms with Gasteiger partial charge in [0.2, 0.25) is 0 Å². The highest BCUT2D eigenvalue weighted by Gasteiger charge is 2.24. The first-order chi connectivity index (χ1) is 17.8. The van der Waals surface area contributed by atoms with E-state index >= 15 is 0 Å². The molecule has 5 N–H and O–H groups in total. The third-order valence-corrected chi connectivity index (χ3v) is 6.55. The number of furan rings is 1. The van der Waals surface area contributed by atoms with E-state index in [1.807, 2.05) is 24.3 Å². The molecule has 1 saturated heterocycles. The Labute approximate surface area is 216 Å². The van der Waals surface area contributed by atoms with Gasteiger partial charge in [0.25, 0.3) is 11.8 Å². The number of aromatic amines is 1. The van der Waals surface area contributed by atoms with Gasteiger partial charge in [-0.15, -0.1) is 0 Å². The van der Waals surface area contributed by atoms with Crippen molar-refractivity contribution in [3.05, 3.63) is 65.0 Å². The second kappa shape index (κ2) is 11.8. The zero-order valence-electron chi connectivity index (χ0n) is 21.3. The lowest BCUT2D eigenvalue weighted by Gasteiger charge is -2.29. The van der Waals surface area contributed by atoms with Crippen LogP contribution in [-0.2, 0) is 12.8 Å². The van der Waals surface area contributed by atoms with Gasteiger partial charge in [0.1, 0.15) is 17.3 Å². The number of benzene rings is 1. The van der Waals surface area contributed by atoms with Crippen molar-refractivity contribution in [3.8, 4) is 0 Å². The molecule has 0 bridgehead atoms. The van der Waals surface area contributed by atoms with E-state index in [9.17, 15) is 14.4 Å². The summed E-state index contributed by atoms with van der Waals surface area (Å²) in [5, 5.41) is 5.31. The number of piperidine rings is 1. The second-order valence-electron chi connectivity index (χ2n) is 9.57. The number of hydrogen-bond donors (Lipinski definition) is 4. The molecule has 0 saturated carbocycles. The minimum absolute atomic E-state index is 0.0184. The Kier molecular flexibility index (Phi) is 8.27. The van der Waals surface area contributed by atoms with E-state index in [-0.39, 0.29) is 29.6 Å². The number of nitrogens with zero attached hydrogens (tertiary/aromatic N) is 2. The summed E-state index contributed by atoms with van der Waals surface area (Å²) in [5.74, 6) is 0.879. The molecular weight excluding hydrogens is 472 g/mol. The van der Waals surface area contributed by atoms with Crippen LogP contribution in [0, 0.1) is 5.92 Å². The molecule has 1 aliphatic heterocycles. The van der Waals surface area contributed by atoms with Crippen LogP contribution in [0.2, 0.25) is 0 Å². The number of urea groups is 1. The molecule has 0 atom stereocenters. The van der Waals surface area contributed by atoms with Crippen molar-refractivity contribution in [1.29, 1.82) is 0 Å². The van der Waals surface area contributed by atoms with E-state index in [0.29, 0.717) is 23.2 Å². The van der Waals surface area contributed by atoms with E-state index in [2.05, 4.69) is 34.4 Å². The van der Waals surface area contributed by atoms with Crippen molar-refractivity contribution >= 4 is 29.4 Å². The molecule has 37 heavy (non-hydrogen) atoms. The Morgan fingerprint density at radius 2 is 1.84 bits per heavy atom. The lowest BCUT2D eigenvalue weighted by Crippen LogP contribution is -2.37. The predicted molar refractivity (Wildman–Crippen MR) is 141 cm³/mol. The number of nitrogens with two attached hydrogens (primary N) is 1. The molecule has 4 rings (SSSR count). The third kappa shape index (κ3) is 6.78. The number of aromatic nitrogens is 2. The quantitative estimate of drug-likeness (QED) is 0.336. The van der Waals surface area contributed by atoms with Crippen molar-refractivity contribution in [1.82, 2.24) is 14.9 Å². The summed E-state index contributed by atoms with van der Waals surface area (Å²) in [4.78, 5) is 46.2. The molecule has 1 aromatic carbocycles. The van der Waals surface area contributed by atoms with E-state index < -0.39 is 11.9 Å². The first kappa shape index (κ1) is 26.0. The summed E-state index contributed by atoms with van der Waals surface area (Å²) in [6.45, 7) is 5.77. The van der Waals surface area contributed by atoms with Gasteiger partial charge in [-0.1, -0.05) is 32.4 Å². The number of nitrogens with one attached hydrogen (secondary N) is 3. The van der Waals surface area contributed by atoms with Gasteiger partial charge in [-0.25, -0.2) is 9.78 Å². The summed E-state index contributed by atoms with van der Waals surface area (Å²) in [6.07, 6.45) is 5.37. The van der Waals surface area contributed by atoms with Crippen LogP contribution in [-0.4, -0.2) is 45.8 Å². The SMILES string of the molecule is CCCCc1ccc(NC(=O)Nc2nc(Cc3ccc(C(=O)N4CCC(C)CC4)o3)[nH]c2C(N)=O)cc1. The predicted octanol–water partition coefficient (Wildman–Crippen LogP) is 4.55. The largest absolute Gasteiger partial charge is 0.455 e. The zero-order valence-corrected chi connectivity index (χ0v) is 21.3. The number of aryl methyl sites for hydroxylation is 1. The van der Waals surface area contributed by atoms with Gasteiger partial charge in [0.05, 0.1) is 6.42 Å². The molecule has 1 aliphatic rings. The van der Waals surface area contributed by atoms with Crippen LogP contribution in [0.1, 0.15) is 77.7 Å². The Morgan fingerprint density at radius 1 is 1.11 bits per heavy atom. The van der Waals surface area contributed by atoms with Crippen LogP contribution in [0.15, 0.2) is 40.8 Å². The first-order valence-electron chi connectivity index (χ1n) is 12.8. The van der Waals surface area contributed by atoms with Crippen LogP contribution in [0.25, 0.3) is 0 Å². The van der Waals surface area contributed by atoms with Crippen LogP contribution in [0.4, 0.5) is 16.3 Å². The maximum absolute atomic E-state index is 12.7. The first-order valence-corrected chi connectivity index (χ1v) is 12.8. The van der Waals surface area contributed by atoms with E-state index in [1.165, 1.54) is 5.56 Å². The number of imidazole rings is 1. The molecular formula is C27H34N6O4. The number of hydrogen-bond acceptors (Lipinski definition) is 5. The fourth-order valence-corrected chi connectivity index (χ4v) is 4.30. The number of anilines is 2. The number of likely N-dealkylation sites (tertiary alicyclic amines) is 1. The fraction of sp³-hybridized carbons (Fsp3) is 0.407. The van der Waals surface area contributed by atoms with Crippen LogP contribution in [0.3, 0.4) is 0 Å². The molecule has 4 amide bonds. The van der Waals surface area contributed by atoms with Gasteiger partial charge >= 0.3 is 6.03 Å². The lowest BCUT2D eigenvalue weighted by molar-refractivity contribution is 0.0663. The van der Waals surface area contributed by atoms with Gasteiger partial charge in [-0.05, 0) is 61.4 Å². The molecule has 3 heterocycles. The van der Waals surface area contributed by atoms with Crippen molar-refractivity contribution in [2.24, 2.45) is 11.7 Å². The normalized spacial score (nSPS) is 13.9. The zero-order chi connectivity index (χ0) is 26.4. The number of rotatable bonds is 9. The molecule has 10 nitrogen and oxygen atoms in total. The van der Waals surface area contributed by atoms with Crippen LogP contribution < -0.4 is 16.4 Å². The Morgan fingerprint density at radius 3 is 2.51 bits per heavy atom. The minimum Gasteiger partial charge on any atom is -0.455 e. The summed E-state index contributed by atoms with van der Waals surface area (Å²) < 4.78 is 5.77. The van der Waals surface area contributed by atoms with Crippen LogP contribution in [0.5, 0.6) is 0 Å². The topological polar surface area (TPSA) is 146 Å². The third-order valence-electron chi connectivity index (χ3n) is 6.55. The summed E-state index contributed by atoms with van der Waals surface area (Å²) in [6, 6.07) is 10.4. The Bertz CT molecular complexity index is 1240. The molecule has 0 radical (unpaired) electrons. The second-order valence-corrected chi connectivity index (χ2v) is 9.57. The summed E-state index contributed by atoms with van der Waals surface area (Å²) in [5.41, 5.74) is 7.28. The number of carbonyl (C=O) groups excluding carboxylic acids is 3. The van der Waals surface area contributed by atoms with Crippen molar-refractivity contribution < 1.29 is 18.8 Å². The number of amides is 4. The van der Waals surface area contributed by atoms with E-state index in [0.717, 1.165) is 45.2 Å². The maximum Gasteiger partial charge on any atom is 0.324 e. The fourth-order valence-electron chi connectivity index (χ4n) is 4.30. The lowest BCUT2D eigenvalue weighted by atomic mass is 9.99. The maximum atomic E-state index is 12.7. The average molecular weight is 507 g/mol. The van der Waals surface area contributed by atoms with E-state index in [1.54, 1.807) is 17.0 Å². The number of carbonyl (C=O) groups is 3. The molecule has 0 unspecified atom stereocenters. The highest BCUT2D eigenvalue weighted by atomic mass is 16.4. The highest BCUT2D eigenvalue weighted by molar-refractivity contribution is 6.04. The summed E-state index contributed by atoms with van der Waals surface area (Å²) >= 11 is 0. The molecule has 0 aliphatic carbocycles. The van der Waals surface area contributed by atoms with Crippen LogP contribution >= 0.6 is 0 Å². The van der Waals surface area contributed by atoms with Crippen molar-refractivity contribution in [2.45, 2.75) is 52.4 Å². The van der Waals surface area contributed by atoms with Crippen molar-refractivity contribution in [2.75, 3.05) is 23.7 Å². The standard InChI is InChI=1S/C27H34N6O4/c1-3-4-5-18-6-8-19(9-7-18)29-27(36)32-25-23(24(28)34)30-22(31-25)16-20-10-11-21(37-20)26(35)33-14-12-17(2)13-15-33/h6-11,17H,3-5,12-16H2,1-2H3,(H2,28,34)(H,30,31)(H2,29,32,36). The highest BCUT2D eigenvalue weighted by Crippen LogP contribution is 2.21. The minimum atomic E-state index is -0.760. The van der Waals surface area contributed by atoms with Gasteiger partial charge < -0.3 is 25.4 Å². The number of primary amides is 1. The monoisotopic (exact) mass is 506 g/mol. The molecule has 196 valence electrons. The number of unbranched alkanes of at least 4 members (excludes halogenated alkanes) is 1. The Balaban J connectivity index is 1.38. The molecule has 0 spiro atoms. The van der Waals surface area contributed by atoms with Gasteiger partial charge in [-0.3, -0.25) is 14.9 Å². The number of H-pyrrole nitrogens is 1. The smallest absolute Gasteiger partial charge is 0.324 e. The Hall–Kier alpha value is -4.08. The molecule has 2 aromatic heterocycles. The molecule has 3 aromatic rings. The van der Waals surface area contributed by atoms with Gasteiger partial charge in [-0.2, -0.15) is 0 Å². The van der Waals surface area contributed by atoms with Crippen molar-refractivity contribution in [3.63, 3.8) is 0 Å². The van der Waals surface area contributed by atoms with Gasteiger partial charge in [0.15, 0.2) is 11.6 Å². The molecule has 1 fully saturated rings. The van der Waals surface area contributed by atoms with E-state index in [4.69, 9.17) is 10.2 Å². The molecule has 10 heteroatoms. The average Bonchev–Trinajstić information content (AvgIpc) is 3.51. The van der Waals surface area contributed by atoms with Gasteiger partial charge in [0, 0.05) is 18.8 Å².